The van der Waals surface area contributed by atoms with E-state index in [9.17, 15) is 16.8 Å². The van der Waals surface area contributed by atoms with E-state index in [0.29, 0.717) is 37.2 Å². The first-order valence-electron chi connectivity index (χ1n) is 16.9. The number of hydrogen-bond donors (Lipinski definition) is 2. The Balaban J connectivity index is 0.747. The highest BCUT2D eigenvalue weighted by Crippen LogP contribution is 2.38. The molecule has 0 aliphatic carbocycles. The van der Waals surface area contributed by atoms with Crippen molar-refractivity contribution in [1.29, 1.82) is 0 Å². The Hall–Kier alpha value is -4.46. The van der Waals surface area contributed by atoms with Gasteiger partial charge in [0.2, 0.25) is 20.0 Å². The predicted octanol–water partition coefficient (Wildman–Crippen LogP) is 6.79. The lowest BCUT2D eigenvalue weighted by molar-refractivity contribution is 0.0167. The maximum atomic E-state index is 13.3. The Morgan fingerprint density at radius 2 is 0.686 bits per heavy atom. The fourth-order valence-corrected chi connectivity index (χ4v) is 9.51. The van der Waals surface area contributed by atoms with Crippen LogP contribution in [-0.4, -0.2) is 69.6 Å². The molecule has 260 valence electrons. The van der Waals surface area contributed by atoms with E-state index >= 15 is 0 Å². The molecule has 0 bridgehead atoms. The Kier molecular flexibility index (Phi) is 9.20. The molecule has 0 heterocycles. The van der Waals surface area contributed by atoms with Crippen molar-refractivity contribution in [2.24, 2.45) is 0 Å². The second-order valence-electron chi connectivity index (χ2n) is 12.5. The van der Waals surface area contributed by atoms with E-state index < -0.39 is 20.0 Å². The van der Waals surface area contributed by atoms with Gasteiger partial charge in [-0.1, -0.05) is 97.1 Å². The van der Waals surface area contributed by atoms with E-state index in [0.717, 1.165) is 53.9 Å². The zero-order valence-electron chi connectivity index (χ0n) is 27.7. The molecule has 0 atom stereocenters. The van der Waals surface area contributed by atoms with Gasteiger partial charge >= 0.3 is 0 Å². The number of benzene rings is 8. The topological polar surface area (TPSA) is 120 Å². The Bertz CT molecular complexity index is 2510. The highest BCUT2D eigenvalue weighted by atomic mass is 32.2. The summed E-state index contributed by atoms with van der Waals surface area (Å²) in [7, 11) is -7.53. The summed E-state index contributed by atoms with van der Waals surface area (Å²) in [5.41, 5.74) is 0. The lowest BCUT2D eigenvalue weighted by Gasteiger charge is -2.15. The molecule has 0 spiro atoms. The smallest absolute Gasteiger partial charge is 0.241 e. The largest absolute Gasteiger partial charge is 0.378 e. The van der Waals surface area contributed by atoms with Gasteiger partial charge in [-0.25, -0.2) is 26.3 Å². The maximum absolute atomic E-state index is 13.3. The Morgan fingerprint density at radius 3 is 1.08 bits per heavy atom. The summed E-state index contributed by atoms with van der Waals surface area (Å²) >= 11 is 0. The Labute approximate surface area is 295 Å². The van der Waals surface area contributed by atoms with Gasteiger partial charge < -0.3 is 14.2 Å². The minimum atomic E-state index is -3.76. The molecule has 0 aliphatic rings. The molecule has 0 saturated carbocycles. The molecule has 0 aromatic heterocycles. The first-order chi connectivity index (χ1) is 24.8. The van der Waals surface area contributed by atoms with Crippen LogP contribution in [-0.2, 0) is 34.3 Å². The monoisotopic (exact) mass is 720 g/mol. The molecule has 11 heteroatoms. The summed E-state index contributed by atoms with van der Waals surface area (Å²) in [6, 6.07) is 35.1. The number of sulfonamides is 2. The first kappa shape index (κ1) is 33.7. The quantitative estimate of drug-likeness (QED) is 0.0834. The van der Waals surface area contributed by atoms with Crippen LogP contribution < -0.4 is 9.44 Å². The van der Waals surface area contributed by atoms with Crippen molar-refractivity contribution in [1.82, 2.24) is 9.44 Å². The molecule has 0 fully saturated rings. The number of hydrogen-bond acceptors (Lipinski definition) is 7. The SMILES string of the molecule is O=S(=O)(NCCOCCOCCOCCNS(=O)(=O)c1ccc2ccc3cccc4ccc1c2c34)c1ccc2ccc3cccc4ccc1c2c34. The normalized spacial score (nSPS) is 12.9. The molecule has 2 N–H and O–H groups in total. The molecule has 51 heavy (non-hydrogen) atoms. The lowest BCUT2D eigenvalue weighted by Crippen LogP contribution is -2.28. The third-order valence-corrected chi connectivity index (χ3v) is 12.4. The van der Waals surface area contributed by atoms with Crippen molar-refractivity contribution < 1.29 is 31.0 Å². The van der Waals surface area contributed by atoms with Gasteiger partial charge in [0.25, 0.3) is 0 Å². The third kappa shape index (κ3) is 6.47. The van der Waals surface area contributed by atoms with Crippen LogP contribution in [0, 0.1) is 0 Å². The molecule has 0 unspecified atom stereocenters. The van der Waals surface area contributed by atoms with Crippen LogP contribution in [0.4, 0.5) is 0 Å². The van der Waals surface area contributed by atoms with E-state index in [1.807, 2.05) is 84.9 Å². The van der Waals surface area contributed by atoms with Crippen LogP contribution in [0.1, 0.15) is 0 Å². The van der Waals surface area contributed by atoms with Gasteiger partial charge in [0.1, 0.15) is 0 Å². The van der Waals surface area contributed by atoms with E-state index in [1.54, 1.807) is 12.1 Å². The van der Waals surface area contributed by atoms with Crippen LogP contribution in [0.3, 0.4) is 0 Å². The van der Waals surface area contributed by atoms with Crippen molar-refractivity contribution in [3.05, 3.63) is 109 Å². The van der Waals surface area contributed by atoms with Gasteiger partial charge in [-0.3, -0.25) is 0 Å². The van der Waals surface area contributed by atoms with Gasteiger partial charge in [-0.2, -0.15) is 0 Å². The maximum Gasteiger partial charge on any atom is 0.241 e. The summed E-state index contributed by atoms with van der Waals surface area (Å²) < 4.78 is 75.1. The summed E-state index contributed by atoms with van der Waals surface area (Å²) in [6.07, 6.45) is 0. The lowest BCUT2D eigenvalue weighted by atomic mass is 9.94. The van der Waals surface area contributed by atoms with Gasteiger partial charge in [0, 0.05) is 23.9 Å². The van der Waals surface area contributed by atoms with Gasteiger partial charge in [-0.05, 0) is 66.0 Å². The minimum absolute atomic E-state index is 0.123. The summed E-state index contributed by atoms with van der Waals surface area (Å²) in [5, 5.41) is 11.7. The standard InChI is InChI=1S/C40H36N2O7S2/c43-50(44,35-17-13-31-9-7-27-3-1-5-29-11-15-33(35)39(31)37(27)29)41-19-21-47-23-25-49-26-24-48-22-20-42-51(45,46)36-18-14-32-10-8-28-4-2-6-30-12-16-34(36)40(32)38(28)30/h1-18,41-42H,19-26H2. The van der Waals surface area contributed by atoms with Crippen LogP contribution in [0.25, 0.3) is 64.6 Å². The van der Waals surface area contributed by atoms with Crippen LogP contribution >= 0.6 is 0 Å². The summed E-state index contributed by atoms with van der Waals surface area (Å²) in [6.45, 7) is 1.84. The van der Waals surface area contributed by atoms with Gasteiger partial charge in [0.05, 0.1) is 49.4 Å². The Morgan fingerprint density at radius 1 is 0.373 bits per heavy atom. The van der Waals surface area contributed by atoms with Crippen molar-refractivity contribution in [3.63, 3.8) is 0 Å². The minimum Gasteiger partial charge on any atom is -0.378 e. The fourth-order valence-electron chi connectivity index (χ4n) is 7.08. The molecular formula is C40H36N2O7S2. The van der Waals surface area contributed by atoms with Crippen LogP contribution in [0.5, 0.6) is 0 Å². The van der Waals surface area contributed by atoms with E-state index in [1.165, 1.54) is 0 Å². The third-order valence-electron chi connectivity index (χ3n) is 9.38. The fraction of sp³-hybridized carbons (Fsp3) is 0.200. The number of nitrogens with one attached hydrogen (secondary N) is 2. The molecule has 0 radical (unpaired) electrons. The predicted molar refractivity (Wildman–Crippen MR) is 203 cm³/mol. The zero-order valence-corrected chi connectivity index (χ0v) is 29.4. The van der Waals surface area contributed by atoms with Gasteiger partial charge in [0.15, 0.2) is 0 Å². The summed E-state index contributed by atoms with van der Waals surface area (Å²) in [5.74, 6) is 0. The molecular weight excluding hydrogens is 685 g/mol. The molecule has 8 aromatic carbocycles. The number of ether oxygens (including phenoxy) is 3. The van der Waals surface area contributed by atoms with Crippen LogP contribution in [0.15, 0.2) is 119 Å². The zero-order chi connectivity index (χ0) is 35.0. The second kappa shape index (κ2) is 13.9. The van der Waals surface area contributed by atoms with Gasteiger partial charge in [-0.15, -0.1) is 0 Å². The molecule has 9 nitrogen and oxygen atoms in total. The average Bonchev–Trinajstić information content (AvgIpc) is 3.14. The average molecular weight is 721 g/mol. The van der Waals surface area contributed by atoms with Crippen LogP contribution in [0.2, 0.25) is 0 Å². The van der Waals surface area contributed by atoms with Crippen molar-refractivity contribution in [3.8, 4) is 0 Å². The summed E-state index contributed by atoms with van der Waals surface area (Å²) in [4.78, 5) is 0.494. The second-order valence-corrected chi connectivity index (χ2v) is 15.9. The molecule has 8 aromatic rings. The first-order valence-corrected chi connectivity index (χ1v) is 19.8. The molecule has 0 saturated heterocycles. The molecule has 8 rings (SSSR count). The highest BCUT2D eigenvalue weighted by molar-refractivity contribution is 7.90. The van der Waals surface area contributed by atoms with E-state index in [-0.39, 0.29) is 36.1 Å². The van der Waals surface area contributed by atoms with E-state index in [2.05, 4.69) is 21.6 Å². The van der Waals surface area contributed by atoms with Crippen molar-refractivity contribution in [2.75, 3.05) is 52.7 Å². The van der Waals surface area contributed by atoms with E-state index in [4.69, 9.17) is 14.2 Å². The van der Waals surface area contributed by atoms with Crippen molar-refractivity contribution in [2.45, 2.75) is 9.79 Å². The highest BCUT2D eigenvalue weighted by Gasteiger charge is 2.21. The molecule has 0 aliphatic heterocycles. The number of rotatable bonds is 16. The molecule has 0 amide bonds. The van der Waals surface area contributed by atoms with Crippen molar-refractivity contribution >= 4 is 84.7 Å².